The second-order valence-electron chi connectivity index (χ2n) is 8.75. The maximum Gasteiger partial charge on any atom is 0.231 e. The standard InChI is InChI=1S/C20H27N3O/c1-12(2)18(24)23-16-15(13-9-10-20(16,5)19(13,3)4)22-17(23)14-8-6-7-11-21-14/h6-8,11-13,15-16H,9-10H2,1-5H3/t13-,15-,16-,20+/m0/s1. The number of fused-ring (bicyclic) bond motifs is 5. The van der Waals surface area contributed by atoms with Crippen LogP contribution < -0.4 is 0 Å². The van der Waals surface area contributed by atoms with Gasteiger partial charge in [0.25, 0.3) is 0 Å². The Labute approximate surface area is 144 Å². The second-order valence-corrected chi connectivity index (χ2v) is 8.75. The van der Waals surface area contributed by atoms with Crippen LogP contribution in [0, 0.1) is 22.7 Å². The molecule has 2 aliphatic carbocycles. The predicted octanol–water partition coefficient (Wildman–Crippen LogP) is 3.52. The number of amides is 1. The number of pyridine rings is 1. The van der Waals surface area contributed by atoms with Crippen LogP contribution in [-0.4, -0.2) is 33.7 Å². The van der Waals surface area contributed by atoms with Crippen LogP contribution in [-0.2, 0) is 4.79 Å². The average molecular weight is 325 g/mol. The van der Waals surface area contributed by atoms with E-state index in [0.29, 0.717) is 5.92 Å². The lowest BCUT2D eigenvalue weighted by Crippen LogP contribution is -2.53. The van der Waals surface area contributed by atoms with Crippen molar-refractivity contribution in [3.63, 3.8) is 0 Å². The van der Waals surface area contributed by atoms with Gasteiger partial charge in [-0.15, -0.1) is 0 Å². The van der Waals surface area contributed by atoms with Gasteiger partial charge in [0, 0.05) is 12.1 Å². The first-order chi connectivity index (χ1) is 11.3. The van der Waals surface area contributed by atoms with E-state index < -0.39 is 0 Å². The highest BCUT2D eigenvalue weighted by Gasteiger charge is 2.70. The van der Waals surface area contributed by atoms with Gasteiger partial charge in [0.1, 0.15) is 5.69 Å². The summed E-state index contributed by atoms with van der Waals surface area (Å²) >= 11 is 0. The fourth-order valence-electron chi connectivity index (χ4n) is 5.42. The monoisotopic (exact) mass is 325 g/mol. The molecule has 2 heterocycles. The molecule has 0 spiro atoms. The highest BCUT2D eigenvalue weighted by molar-refractivity contribution is 6.09. The van der Waals surface area contributed by atoms with Gasteiger partial charge in [-0.2, -0.15) is 0 Å². The summed E-state index contributed by atoms with van der Waals surface area (Å²) in [6, 6.07) is 6.24. The lowest BCUT2D eigenvalue weighted by molar-refractivity contribution is -0.134. The minimum absolute atomic E-state index is 0.0384. The van der Waals surface area contributed by atoms with Gasteiger partial charge in [-0.25, -0.2) is 0 Å². The van der Waals surface area contributed by atoms with Crippen LogP contribution in [0.2, 0.25) is 0 Å². The van der Waals surface area contributed by atoms with Crippen LogP contribution in [0.4, 0.5) is 0 Å². The first-order valence-corrected chi connectivity index (χ1v) is 9.11. The van der Waals surface area contributed by atoms with Gasteiger partial charge < -0.3 is 0 Å². The van der Waals surface area contributed by atoms with Crippen molar-refractivity contribution in [1.82, 2.24) is 9.88 Å². The molecular weight excluding hydrogens is 298 g/mol. The van der Waals surface area contributed by atoms with E-state index in [1.807, 2.05) is 36.9 Å². The largest absolute Gasteiger partial charge is 0.289 e. The smallest absolute Gasteiger partial charge is 0.231 e. The molecule has 1 aromatic rings. The summed E-state index contributed by atoms with van der Waals surface area (Å²) in [4.78, 5) is 24.7. The van der Waals surface area contributed by atoms with Crippen molar-refractivity contribution in [2.45, 2.75) is 59.5 Å². The van der Waals surface area contributed by atoms with Crippen LogP contribution in [0.15, 0.2) is 29.4 Å². The summed E-state index contributed by atoms with van der Waals surface area (Å²) in [6.07, 6.45) is 4.18. The quantitative estimate of drug-likeness (QED) is 0.835. The molecule has 4 nitrogen and oxygen atoms in total. The van der Waals surface area contributed by atoms with Crippen LogP contribution >= 0.6 is 0 Å². The maximum atomic E-state index is 13.1. The fourth-order valence-corrected chi connectivity index (χ4v) is 5.42. The van der Waals surface area contributed by atoms with Crippen molar-refractivity contribution in [1.29, 1.82) is 0 Å². The first-order valence-electron chi connectivity index (χ1n) is 9.11. The van der Waals surface area contributed by atoms with Crippen molar-refractivity contribution < 1.29 is 4.79 Å². The van der Waals surface area contributed by atoms with Crippen LogP contribution in [0.1, 0.15) is 53.2 Å². The van der Waals surface area contributed by atoms with Gasteiger partial charge in [-0.05, 0) is 41.7 Å². The van der Waals surface area contributed by atoms with E-state index in [4.69, 9.17) is 4.99 Å². The Balaban J connectivity index is 1.85. The van der Waals surface area contributed by atoms with E-state index in [0.717, 1.165) is 11.5 Å². The Hall–Kier alpha value is -1.71. The zero-order valence-corrected chi connectivity index (χ0v) is 15.3. The molecule has 0 N–H and O–H groups in total. The number of hydrogen-bond donors (Lipinski definition) is 0. The fraction of sp³-hybridized carbons (Fsp3) is 0.650. The minimum atomic E-state index is -0.0384. The number of carbonyl (C=O) groups excluding carboxylic acids is 1. The van der Waals surface area contributed by atoms with Gasteiger partial charge in [0.05, 0.1) is 12.1 Å². The van der Waals surface area contributed by atoms with Crippen molar-refractivity contribution in [3.8, 4) is 0 Å². The third-order valence-corrected chi connectivity index (χ3v) is 7.17. The summed E-state index contributed by atoms with van der Waals surface area (Å²) in [7, 11) is 0. The minimum Gasteiger partial charge on any atom is -0.289 e. The third kappa shape index (κ3) is 1.77. The van der Waals surface area contributed by atoms with Crippen LogP contribution in [0.3, 0.4) is 0 Å². The lowest BCUT2D eigenvalue weighted by Gasteiger charge is -2.43. The molecule has 4 rings (SSSR count). The molecule has 2 fully saturated rings. The van der Waals surface area contributed by atoms with Crippen LogP contribution in [0.5, 0.6) is 0 Å². The summed E-state index contributed by atoms with van der Waals surface area (Å²) in [6.45, 7) is 11.1. The third-order valence-electron chi connectivity index (χ3n) is 7.17. The van der Waals surface area contributed by atoms with E-state index >= 15 is 0 Å². The van der Waals surface area contributed by atoms with Gasteiger partial charge in [-0.3, -0.25) is 19.7 Å². The Morgan fingerprint density at radius 2 is 2.04 bits per heavy atom. The molecule has 1 amide bonds. The Kier molecular flexibility index (Phi) is 3.23. The van der Waals surface area contributed by atoms with Crippen molar-refractivity contribution in [2.75, 3.05) is 0 Å². The first kappa shape index (κ1) is 15.8. The summed E-state index contributed by atoms with van der Waals surface area (Å²) in [5, 5.41) is 0. The molecule has 1 aliphatic heterocycles. The van der Waals surface area contributed by atoms with E-state index in [1.165, 1.54) is 12.8 Å². The second kappa shape index (κ2) is 4.90. The average Bonchev–Trinajstić information content (AvgIpc) is 3.10. The van der Waals surface area contributed by atoms with E-state index in [2.05, 4.69) is 25.8 Å². The number of aromatic nitrogens is 1. The highest BCUT2D eigenvalue weighted by atomic mass is 16.2. The molecule has 0 unspecified atom stereocenters. The van der Waals surface area contributed by atoms with Crippen molar-refractivity contribution in [2.24, 2.45) is 27.7 Å². The van der Waals surface area contributed by atoms with Crippen LogP contribution in [0.25, 0.3) is 0 Å². The van der Waals surface area contributed by atoms with E-state index in [1.54, 1.807) is 6.20 Å². The molecule has 0 saturated heterocycles. The molecule has 3 aliphatic rings. The lowest BCUT2D eigenvalue weighted by atomic mass is 9.68. The molecule has 0 aromatic carbocycles. The number of carbonyl (C=O) groups is 1. The SMILES string of the molecule is CC(C)C(=O)N1C(c2ccccn2)=N[C@@H]2[C@H]1[C@@]1(C)CC[C@@H]2C1(C)C. The van der Waals surface area contributed by atoms with Gasteiger partial charge >= 0.3 is 0 Å². The predicted molar refractivity (Wildman–Crippen MR) is 94.6 cm³/mol. The Morgan fingerprint density at radius 1 is 1.29 bits per heavy atom. The number of amidine groups is 1. The molecule has 2 bridgehead atoms. The zero-order chi connectivity index (χ0) is 17.3. The summed E-state index contributed by atoms with van der Waals surface area (Å²) in [5.74, 6) is 1.48. The maximum absolute atomic E-state index is 13.1. The summed E-state index contributed by atoms with van der Waals surface area (Å²) in [5.41, 5.74) is 1.16. The normalized spacial score (nSPS) is 36.2. The van der Waals surface area contributed by atoms with Crippen molar-refractivity contribution in [3.05, 3.63) is 30.1 Å². The molecule has 4 atom stereocenters. The number of aliphatic imine (C=N–C) groups is 1. The van der Waals surface area contributed by atoms with Crippen molar-refractivity contribution >= 4 is 11.7 Å². The molecule has 128 valence electrons. The molecular formula is C20H27N3O. The number of hydrogen-bond acceptors (Lipinski definition) is 3. The van der Waals surface area contributed by atoms with Gasteiger partial charge in [0.2, 0.25) is 5.91 Å². The molecule has 1 aromatic heterocycles. The van der Waals surface area contributed by atoms with E-state index in [9.17, 15) is 4.79 Å². The van der Waals surface area contributed by atoms with Gasteiger partial charge in [0.15, 0.2) is 5.84 Å². The Morgan fingerprint density at radius 3 is 2.67 bits per heavy atom. The molecule has 4 heteroatoms. The topological polar surface area (TPSA) is 45.6 Å². The molecule has 2 saturated carbocycles. The Bertz CT molecular complexity index is 709. The summed E-state index contributed by atoms with van der Waals surface area (Å²) < 4.78 is 0. The molecule has 24 heavy (non-hydrogen) atoms. The highest BCUT2D eigenvalue weighted by Crippen LogP contribution is 2.68. The molecule has 0 radical (unpaired) electrons. The van der Waals surface area contributed by atoms with Gasteiger partial charge in [-0.1, -0.05) is 40.7 Å². The van der Waals surface area contributed by atoms with E-state index in [-0.39, 0.29) is 34.7 Å². The number of rotatable bonds is 2. The number of nitrogens with zero attached hydrogens (tertiary/aromatic N) is 3. The zero-order valence-electron chi connectivity index (χ0n) is 15.3.